The Balaban J connectivity index is 4.02. The monoisotopic (exact) mass is 188 g/mol. The summed E-state index contributed by atoms with van der Waals surface area (Å²) in [6.07, 6.45) is -0.934. The molecule has 0 heterocycles. The summed E-state index contributed by atoms with van der Waals surface area (Å²) in [5.41, 5.74) is 0. The van der Waals surface area contributed by atoms with Crippen LogP contribution in [0.1, 0.15) is 27.2 Å². The van der Waals surface area contributed by atoms with E-state index in [-0.39, 0.29) is 18.9 Å². The molecule has 0 saturated heterocycles. The van der Waals surface area contributed by atoms with Crippen molar-refractivity contribution in [2.24, 2.45) is 5.92 Å². The second-order valence-corrected chi connectivity index (χ2v) is 3.23. The van der Waals surface area contributed by atoms with Crippen LogP contribution in [0.5, 0.6) is 0 Å². The summed E-state index contributed by atoms with van der Waals surface area (Å²) in [6.45, 7) is 5.49. The van der Waals surface area contributed by atoms with Crippen molar-refractivity contribution in [2.45, 2.75) is 33.3 Å². The second kappa shape index (κ2) is 5.70. The molecule has 0 amide bonds. The summed E-state index contributed by atoms with van der Waals surface area (Å²) in [5, 5.41) is 9.23. The third-order valence-electron chi connectivity index (χ3n) is 1.47. The zero-order valence-electron chi connectivity index (χ0n) is 8.24. The van der Waals surface area contributed by atoms with E-state index in [1.165, 1.54) is 0 Å². The quantitative estimate of drug-likeness (QED) is 0.505. The van der Waals surface area contributed by atoms with Crippen LogP contribution in [0, 0.1) is 5.92 Å². The Kier molecular flexibility index (Phi) is 5.30. The van der Waals surface area contributed by atoms with Gasteiger partial charge in [0, 0.05) is 0 Å². The number of Topliss-reactive ketones (excluding diaryl/α,β-unsaturated/α-hetero) is 1. The molecule has 0 aliphatic heterocycles. The summed E-state index contributed by atoms with van der Waals surface area (Å²) < 4.78 is 4.46. The van der Waals surface area contributed by atoms with Gasteiger partial charge in [-0.3, -0.25) is 4.79 Å². The Morgan fingerprint density at radius 1 is 1.38 bits per heavy atom. The van der Waals surface area contributed by atoms with Crippen molar-refractivity contribution < 1.29 is 19.4 Å². The van der Waals surface area contributed by atoms with Crippen LogP contribution in [0.25, 0.3) is 0 Å². The Labute approximate surface area is 77.9 Å². The first-order valence-corrected chi connectivity index (χ1v) is 4.38. The molecule has 4 heteroatoms. The Hall–Kier alpha value is -0.900. The summed E-state index contributed by atoms with van der Waals surface area (Å²) in [7, 11) is 0. The van der Waals surface area contributed by atoms with E-state index in [1.807, 2.05) is 13.8 Å². The molecule has 0 aromatic rings. The van der Waals surface area contributed by atoms with Gasteiger partial charge < -0.3 is 9.84 Å². The molecule has 0 radical (unpaired) electrons. The summed E-state index contributed by atoms with van der Waals surface area (Å²) in [5.74, 6) is -1.63. The lowest BCUT2D eigenvalue weighted by atomic mass is 10.0. The van der Waals surface area contributed by atoms with Gasteiger partial charge in [-0.05, 0) is 19.3 Å². The zero-order valence-corrected chi connectivity index (χ0v) is 8.24. The number of hydrogen-bond acceptors (Lipinski definition) is 4. The zero-order chi connectivity index (χ0) is 10.4. The van der Waals surface area contributed by atoms with Crippen molar-refractivity contribution in [3.05, 3.63) is 0 Å². The van der Waals surface area contributed by atoms with Gasteiger partial charge in [0.1, 0.15) is 6.10 Å². The Bertz CT molecular complexity index is 186. The van der Waals surface area contributed by atoms with Gasteiger partial charge >= 0.3 is 5.97 Å². The minimum absolute atomic E-state index is 0.152. The van der Waals surface area contributed by atoms with Crippen LogP contribution >= 0.6 is 0 Å². The highest BCUT2D eigenvalue weighted by Gasteiger charge is 2.24. The molecule has 76 valence electrons. The van der Waals surface area contributed by atoms with E-state index in [0.29, 0.717) is 0 Å². The molecule has 0 aliphatic rings. The topological polar surface area (TPSA) is 63.6 Å². The number of ether oxygens (including phenoxy) is 1. The van der Waals surface area contributed by atoms with Crippen LogP contribution in [0.3, 0.4) is 0 Å². The van der Waals surface area contributed by atoms with E-state index in [0.717, 1.165) is 0 Å². The fraction of sp³-hybridized carbons (Fsp3) is 0.778. The van der Waals surface area contributed by atoms with Crippen LogP contribution < -0.4 is 0 Å². The van der Waals surface area contributed by atoms with Crippen LogP contribution in [-0.4, -0.2) is 29.6 Å². The average molecular weight is 188 g/mol. The standard InChI is InChI=1S/C9H16O4/c1-4-13-9(12)8(11)7(10)5-6(2)3/h6-7,10H,4-5H2,1-3H3. The van der Waals surface area contributed by atoms with Gasteiger partial charge in [-0.1, -0.05) is 13.8 Å². The van der Waals surface area contributed by atoms with Gasteiger partial charge in [-0.25, -0.2) is 4.79 Å². The maximum atomic E-state index is 11.0. The molecule has 0 rings (SSSR count). The first-order valence-electron chi connectivity index (χ1n) is 4.38. The van der Waals surface area contributed by atoms with Gasteiger partial charge in [-0.2, -0.15) is 0 Å². The molecule has 1 N–H and O–H groups in total. The molecule has 13 heavy (non-hydrogen) atoms. The third-order valence-corrected chi connectivity index (χ3v) is 1.47. The van der Waals surface area contributed by atoms with Gasteiger partial charge in [0.25, 0.3) is 5.78 Å². The van der Waals surface area contributed by atoms with Crippen LogP contribution in [0.4, 0.5) is 0 Å². The van der Waals surface area contributed by atoms with Crippen LogP contribution in [0.2, 0.25) is 0 Å². The second-order valence-electron chi connectivity index (χ2n) is 3.23. The lowest BCUT2D eigenvalue weighted by molar-refractivity contribution is -0.157. The highest BCUT2D eigenvalue weighted by Crippen LogP contribution is 2.05. The maximum absolute atomic E-state index is 11.0. The van der Waals surface area contributed by atoms with Gasteiger partial charge in [-0.15, -0.1) is 0 Å². The molecule has 0 saturated carbocycles. The molecular weight excluding hydrogens is 172 g/mol. The smallest absolute Gasteiger partial charge is 0.377 e. The van der Waals surface area contributed by atoms with Crippen LogP contribution in [0.15, 0.2) is 0 Å². The summed E-state index contributed by atoms with van der Waals surface area (Å²) in [6, 6.07) is 0. The van der Waals surface area contributed by atoms with E-state index in [4.69, 9.17) is 0 Å². The fourth-order valence-corrected chi connectivity index (χ4v) is 0.892. The molecule has 1 atom stereocenters. The molecule has 0 aromatic heterocycles. The van der Waals surface area contributed by atoms with Crippen LogP contribution in [-0.2, 0) is 14.3 Å². The van der Waals surface area contributed by atoms with Crippen molar-refractivity contribution in [3.8, 4) is 0 Å². The maximum Gasteiger partial charge on any atom is 0.377 e. The van der Waals surface area contributed by atoms with Crippen molar-refractivity contribution >= 4 is 11.8 Å². The number of carbonyl (C=O) groups excluding carboxylic acids is 2. The number of carbonyl (C=O) groups is 2. The largest absolute Gasteiger partial charge is 0.460 e. The number of aliphatic hydroxyl groups excluding tert-OH is 1. The van der Waals surface area contributed by atoms with Crippen molar-refractivity contribution in [1.82, 2.24) is 0 Å². The molecule has 0 aromatic carbocycles. The average Bonchev–Trinajstić information content (AvgIpc) is 2.02. The number of esters is 1. The lowest BCUT2D eigenvalue weighted by Crippen LogP contribution is -2.31. The molecule has 1 unspecified atom stereocenters. The Morgan fingerprint density at radius 2 is 1.92 bits per heavy atom. The van der Waals surface area contributed by atoms with E-state index < -0.39 is 17.9 Å². The normalized spacial score (nSPS) is 12.7. The summed E-state index contributed by atoms with van der Waals surface area (Å²) >= 11 is 0. The van der Waals surface area contributed by atoms with E-state index in [9.17, 15) is 14.7 Å². The highest BCUT2D eigenvalue weighted by atomic mass is 16.5. The molecule has 0 aliphatic carbocycles. The summed E-state index contributed by atoms with van der Waals surface area (Å²) in [4.78, 5) is 21.9. The number of rotatable bonds is 5. The van der Waals surface area contributed by atoms with Crippen molar-refractivity contribution in [1.29, 1.82) is 0 Å². The first-order chi connectivity index (χ1) is 5.99. The van der Waals surface area contributed by atoms with E-state index >= 15 is 0 Å². The predicted octanol–water partition coefficient (Wildman–Crippen LogP) is 0.526. The van der Waals surface area contributed by atoms with Gasteiger partial charge in [0.15, 0.2) is 0 Å². The minimum atomic E-state index is -1.22. The molecular formula is C9H16O4. The van der Waals surface area contributed by atoms with E-state index in [2.05, 4.69) is 4.74 Å². The number of ketones is 1. The molecule has 0 bridgehead atoms. The predicted molar refractivity (Wildman–Crippen MR) is 47.1 cm³/mol. The number of aliphatic hydroxyl groups is 1. The SMILES string of the molecule is CCOC(=O)C(=O)C(O)CC(C)C. The minimum Gasteiger partial charge on any atom is -0.460 e. The molecule has 0 spiro atoms. The first kappa shape index (κ1) is 12.1. The lowest BCUT2D eigenvalue weighted by Gasteiger charge is -2.10. The number of hydrogen-bond donors (Lipinski definition) is 1. The third kappa shape index (κ3) is 4.62. The van der Waals surface area contributed by atoms with Gasteiger partial charge in [0.05, 0.1) is 6.61 Å². The highest BCUT2D eigenvalue weighted by molar-refractivity contribution is 6.35. The van der Waals surface area contributed by atoms with Gasteiger partial charge in [0.2, 0.25) is 0 Å². The molecule has 4 nitrogen and oxygen atoms in total. The fourth-order valence-electron chi connectivity index (χ4n) is 0.892. The van der Waals surface area contributed by atoms with E-state index in [1.54, 1.807) is 6.92 Å². The molecule has 0 fully saturated rings. The van der Waals surface area contributed by atoms with Crippen molar-refractivity contribution in [3.63, 3.8) is 0 Å². The Morgan fingerprint density at radius 3 is 2.31 bits per heavy atom. The van der Waals surface area contributed by atoms with Crippen molar-refractivity contribution in [2.75, 3.05) is 6.61 Å².